The third-order valence-electron chi connectivity index (χ3n) is 5.91. The third-order valence-corrected chi connectivity index (χ3v) is 8.87. The molecular formula is C17H26O4S2. The number of sulfone groups is 2. The molecule has 1 aromatic carbocycles. The maximum Gasteiger partial charge on any atom is 0.178 e. The molecule has 0 aliphatic heterocycles. The zero-order chi connectivity index (χ0) is 17.7. The molecule has 0 N–H and O–H groups in total. The monoisotopic (exact) mass is 358 g/mol. The lowest BCUT2D eigenvalue weighted by atomic mass is 9.67. The second-order valence-electron chi connectivity index (χ2n) is 7.87. The molecular weight excluding hydrogens is 332 g/mol. The van der Waals surface area contributed by atoms with E-state index in [1.54, 1.807) is 0 Å². The summed E-state index contributed by atoms with van der Waals surface area (Å²) in [5, 5.41) is 0. The van der Waals surface area contributed by atoms with Gasteiger partial charge in [-0.05, 0) is 53.9 Å². The highest BCUT2D eigenvalue weighted by Gasteiger charge is 2.49. The van der Waals surface area contributed by atoms with E-state index in [2.05, 4.69) is 27.7 Å². The van der Waals surface area contributed by atoms with E-state index in [1.165, 1.54) is 24.3 Å². The fraction of sp³-hybridized carbons (Fsp3) is 0.647. The van der Waals surface area contributed by atoms with Crippen LogP contribution in [0.5, 0.6) is 0 Å². The van der Waals surface area contributed by atoms with Crippen molar-refractivity contribution in [2.24, 2.45) is 16.7 Å². The van der Waals surface area contributed by atoms with Gasteiger partial charge in [-0.1, -0.05) is 27.7 Å². The van der Waals surface area contributed by atoms with Gasteiger partial charge in [-0.3, -0.25) is 0 Å². The molecule has 23 heavy (non-hydrogen) atoms. The molecule has 2 rings (SSSR count). The predicted octanol–water partition coefficient (Wildman–Crippen LogP) is 3.33. The standard InChI is InChI=1S/C17H26O4S2/c1-16(2)11-10-13(17(16,3)4)12-23(20,21)15-8-6-14(7-9-15)22(5,18)19/h6-9,13H,10-12H2,1-5H3/t13-/m1/s1. The minimum Gasteiger partial charge on any atom is -0.224 e. The van der Waals surface area contributed by atoms with Crippen molar-refractivity contribution in [1.82, 2.24) is 0 Å². The molecule has 0 bridgehead atoms. The minimum atomic E-state index is -3.42. The zero-order valence-electron chi connectivity index (χ0n) is 14.5. The lowest BCUT2D eigenvalue weighted by Gasteiger charge is -2.39. The van der Waals surface area contributed by atoms with E-state index in [1.807, 2.05) is 0 Å². The first-order valence-electron chi connectivity index (χ1n) is 7.80. The molecule has 1 aliphatic carbocycles. The highest BCUT2D eigenvalue weighted by molar-refractivity contribution is 7.91. The van der Waals surface area contributed by atoms with Gasteiger partial charge in [0, 0.05) is 6.26 Å². The summed E-state index contributed by atoms with van der Waals surface area (Å²) in [6.07, 6.45) is 3.04. The Kier molecular flexibility index (Phi) is 4.48. The van der Waals surface area contributed by atoms with Gasteiger partial charge in [-0.2, -0.15) is 0 Å². The first-order valence-corrected chi connectivity index (χ1v) is 11.3. The van der Waals surface area contributed by atoms with Crippen LogP contribution in [0.2, 0.25) is 0 Å². The van der Waals surface area contributed by atoms with Crippen LogP contribution in [-0.4, -0.2) is 28.8 Å². The Labute approximate surface area is 140 Å². The summed E-state index contributed by atoms with van der Waals surface area (Å²) < 4.78 is 48.4. The first-order chi connectivity index (χ1) is 10.3. The molecule has 1 atom stereocenters. The SMILES string of the molecule is CC1(C)CC[C@H](CS(=O)(=O)c2ccc(S(C)(=O)=O)cc2)C1(C)C. The molecule has 1 fully saturated rings. The van der Waals surface area contributed by atoms with Crippen molar-refractivity contribution in [1.29, 1.82) is 0 Å². The third kappa shape index (κ3) is 3.48. The normalized spacial score (nSPS) is 23.8. The molecule has 0 aromatic heterocycles. The van der Waals surface area contributed by atoms with E-state index >= 15 is 0 Å². The van der Waals surface area contributed by atoms with Crippen LogP contribution in [0.4, 0.5) is 0 Å². The average Bonchev–Trinajstić information content (AvgIpc) is 2.60. The fourth-order valence-corrected chi connectivity index (χ4v) is 5.80. The maximum absolute atomic E-state index is 12.7. The molecule has 0 radical (unpaired) electrons. The second-order valence-corrected chi connectivity index (χ2v) is 11.9. The van der Waals surface area contributed by atoms with Crippen molar-refractivity contribution in [3.05, 3.63) is 24.3 Å². The molecule has 6 heteroatoms. The summed E-state index contributed by atoms with van der Waals surface area (Å²) in [6, 6.07) is 5.54. The Morgan fingerprint density at radius 2 is 1.43 bits per heavy atom. The average molecular weight is 359 g/mol. The molecule has 1 aromatic rings. The highest BCUT2D eigenvalue weighted by Crippen LogP contribution is 2.56. The Morgan fingerprint density at radius 3 is 1.83 bits per heavy atom. The lowest BCUT2D eigenvalue weighted by molar-refractivity contribution is 0.117. The van der Waals surface area contributed by atoms with Gasteiger partial charge in [0.1, 0.15) is 0 Å². The van der Waals surface area contributed by atoms with E-state index < -0.39 is 19.7 Å². The Balaban J connectivity index is 2.27. The number of benzene rings is 1. The fourth-order valence-electron chi connectivity index (χ4n) is 3.32. The quantitative estimate of drug-likeness (QED) is 0.828. The molecule has 0 saturated heterocycles. The minimum absolute atomic E-state index is 0.0488. The van der Waals surface area contributed by atoms with Crippen LogP contribution in [0, 0.1) is 16.7 Å². The summed E-state index contributed by atoms with van der Waals surface area (Å²) in [6.45, 7) is 8.68. The number of hydrogen-bond donors (Lipinski definition) is 0. The Hall–Kier alpha value is -0.880. The molecule has 130 valence electrons. The van der Waals surface area contributed by atoms with Crippen LogP contribution in [0.25, 0.3) is 0 Å². The van der Waals surface area contributed by atoms with Gasteiger partial charge >= 0.3 is 0 Å². The molecule has 0 spiro atoms. The van der Waals surface area contributed by atoms with Gasteiger partial charge in [0.2, 0.25) is 0 Å². The predicted molar refractivity (Wildman–Crippen MR) is 91.9 cm³/mol. The van der Waals surface area contributed by atoms with Crippen molar-refractivity contribution >= 4 is 19.7 Å². The van der Waals surface area contributed by atoms with Gasteiger partial charge in [0.05, 0.1) is 15.5 Å². The summed E-state index contributed by atoms with van der Waals surface area (Å²) in [5.41, 5.74) is 0.0695. The topological polar surface area (TPSA) is 68.3 Å². The zero-order valence-corrected chi connectivity index (χ0v) is 16.1. The van der Waals surface area contributed by atoms with Crippen molar-refractivity contribution in [2.45, 2.75) is 50.3 Å². The molecule has 1 saturated carbocycles. The smallest absolute Gasteiger partial charge is 0.178 e. The van der Waals surface area contributed by atoms with Gasteiger partial charge in [-0.25, -0.2) is 16.8 Å². The van der Waals surface area contributed by atoms with Crippen molar-refractivity contribution in [2.75, 3.05) is 12.0 Å². The van der Waals surface area contributed by atoms with Crippen LogP contribution in [-0.2, 0) is 19.7 Å². The highest BCUT2D eigenvalue weighted by atomic mass is 32.2. The molecule has 1 aliphatic rings. The van der Waals surface area contributed by atoms with Crippen molar-refractivity contribution < 1.29 is 16.8 Å². The molecule has 0 amide bonds. The van der Waals surface area contributed by atoms with Gasteiger partial charge in [0.15, 0.2) is 19.7 Å². The van der Waals surface area contributed by atoms with Crippen LogP contribution >= 0.6 is 0 Å². The first kappa shape index (κ1) is 18.5. The van der Waals surface area contributed by atoms with E-state index in [0.29, 0.717) is 0 Å². The van der Waals surface area contributed by atoms with E-state index in [9.17, 15) is 16.8 Å². The molecule has 0 heterocycles. The second kappa shape index (κ2) is 5.59. The number of rotatable bonds is 4. The van der Waals surface area contributed by atoms with Crippen molar-refractivity contribution in [3.63, 3.8) is 0 Å². The Morgan fingerprint density at radius 1 is 0.957 bits per heavy atom. The summed E-state index contributed by atoms with van der Waals surface area (Å²) in [7, 11) is -6.74. The van der Waals surface area contributed by atoms with Crippen LogP contribution in [0.1, 0.15) is 40.5 Å². The van der Waals surface area contributed by atoms with Crippen LogP contribution in [0.3, 0.4) is 0 Å². The van der Waals surface area contributed by atoms with Gasteiger partial charge in [0.25, 0.3) is 0 Å². The molecule has 0 unspecified atom stereocenters. The van der Waals surface area contributed by atoms with Crippen LogP contribution < -0.4 is 0 Å². The van der Waals surface area contributed by atoms with Crippen molar-refractivity contribution in [3.8, 4) is 0 Å². The van der Waals surface area contributed by atoms with Gasteiger partial charge < -0.3 is 0 Å². The van der Waals surface area contributed by atoms with E-state index in [-0.39, 0.29) is 32.3 Å². The summed E-state index contributed by atoms with van der Waals surface area (Å²) in [5.74, 6) is 0.221. The number of hydrogen-bond acceptors (Lipinski definition) is 4. The lowest BCUT2D eigenvalue weighted by Crippen LogP contribution is -2.34. The maximum atomic E-state index is 12.7. The van der Waals surface area contributed by atoms with E-state index in [4.69, 9.17) is 0 Å². The van der Waals surface area contributed by atoms with Gasteiger partial charge in [-0.15, -0.1) is 0 Å². The van der Waals surface area contributed by atoms with Crippen LogP contribution in [0.15, 0.2) is 34.1 Å². The largest absolute Gasteiger partial charge is 0.224 e. The molecule has 4 nitrogen and oxygen atoms in total. The summed E-state index contributed by atoms with van der Waals surface area (Å²) >= 11 is 0. The summed E-state index contributed by atoms with van der Waals surface area (Å²) in [4.78, 5) is 0.337. The Bertz CT molecular complexity index is 786. The van der Waals surface area contributed by atoms with E-state index in [0.717, 1.165) is 19.1 Å².